The molecule has 4 heterocycles. The van der Waals surface area contributed by atoms with Crippen LogP contribution >= 0.6 is 0 Å². The van der Waals surface area contributed by atoms with Crippen molar-refractivity contribution in [1.29, 1.82) is 5.26 Å². The maximum Gasteiger partial charge on any atom is 0.308 e. The Labute approximate surface area is 240 Å². The number of hydrogen-bond donors (Lipinski definition) is 0. The van der Waals surface area contributed by atoms with Crippen LogP contribution in [0.2, 0.25) is 0 Å². The summed E-state index contributed by atoms with van der Waals surface area (Å²) in [5, 5.41) is 10.7. The number of benzene rings is 2. The lowest BCUT2D eigenvalue weighted by Crippen LogP contribution is -2.68. The molecule has 2 aromatic carbocycles. The monoisotopic (exact) mass is 563 g/mol. The molecule has 1 saturated heterocycles. The maximum atomic E-state index is 12.3. The quantitative estimate of drug-likeness (QED) is 0.290. The second kappa shape index (κ2) is 10.4. The van der Waals surface area contributed by atoms with E-state index >= 15 is 0 Å². The molecule has 0 radical (unpaired) electrons. The molecule has 10 heteroatoms. The van der Waals surface area contributed by atoms with Crippen LogP contribution in [0.5, 0.6) is 28.7 Å². The van der Waals surface area contributed by atoms with Gasteiger partial charge in [-0.2, -0.15) is 5.26 Å². The first-order valence-electron chi connectivity index (χ1n) is 14.1. The number of ether oxygens (including phenoxy) is 6. The van der Waals surface area contributed by atoms with Crippen LogP contribution in [0.4, 0.5) is 0 Å². The van der Waals surface area contributed by atoms with Crippen molar-refractivity contribution in [2.75, 3.05) is 34.9 Å². The Kier molecular flexibility index (Phi) is 7.00. The zero-order valence-electron chi connectivity index (χ0n) is 24.7. The number of aryl methyl sites for hydroxylation is 1. The number of likely N-dealkylation sites (N-methyl/N-ethyl adjacent to an activating group) is 1. The fourth-order valence-electron chi connectivity index (χ4n) is 7.76. The summed E-state index contributed by atoms with van der Waals surface area (Å²) in [6.07, 6.45) is 1.98. The number of fused-ring (bicyclic) bond motifs is 9. The molecule has 2 bridgehead atoms. The molecule has 1 unspecified atom stereocenters. The van der Waals surface area contributed by atoms with Crippen molar-refractivity contribution in [3.63, 3.8) is 0 Å². The van der Waals surface area contributed by atoms with Gasteiger partial charge in [-0.05, 0) is 51.3 Å². The number of hydrogen-bond acceptors (Lipinski definition) is 10. The Morgan fingerprint density at radius 1 is 1.10 bits per heavy atom. The first-order chi connectivity index (χ1) is 19.8. The molecule has 1 fully saturated rings. The van der Waals surface area contributed by atoms with E-state index in [1.807, 2.05) is 13.8 Å². The van der Waals surface area contributed by atoms with Crippen molar-refractivity contribution in [3.8, 4) is 34.8 Å². The van der Waals surface area contributed by atoms with Crippen LogP contribution in [0.3, 0.4) is 0 Å². The number of carbonyl (C=O) groups is 1. The van der Waals surface area contributed by atoms with E-state index in [2.05, 4.69) is 35.9 Å². The number of nitrogens with zero attached hydrogens (tertiary/aromatic N) is 3. The lowest BCUT2D eigenvalue weighted by atomic mass is 9.71. The van der Waals surface area contributed by atoms with Gasteiger partial charge >= 0.3 is 5.97 Å². The largest absolute Gasteiger partial charge is 0.493 e. The summed E-state index contributed by atoms with van der Waals surface area (Å²) < 4.78 is 35.3. The molecule has 2 aromatic rings. The molecule has 218 valence electrons. The summed E-state index contributed by atoms with van der Waals surface area (Å²) in [4.78, 5) is 17.0. The van der Waals surface area contributed by atoms with E-state index in [0.29, 0.717) is 41.6 Å². The SMILES string of the molecule is CC[C@H]1c2c(c(OC(C)=O)c(C)c3c2OCO3)CC2[C@@H]3c4c(cc(C)c(OC)c4OCOC)C[C@@H]([C@H](C#N)N21)N3C. The van der Waals surface area contributed by atoms with Gasteiger partial charge in [-0.25, -0.2) is 0 Å². The van der Waals surface area contributed by atoms with Crippen molar-refractivity contribution in [1.82, 2.24) is 9.80 Å². The third-order valence-corrected chi connectivity index (χ3v) is 9.20. The topological polar surface area (TPSA) is 103 Å². The Morgan fingerprint density at radius 2 is 1.85 bits per heavy atom. The van der Waals surface area contributed by atoms with Crippen molar-refractivity contribution < 1.29 is 33.2 Å². The van der Waals surface area contributed by atoms with E-state index in [1.165, 1.54) is 6.92 Å². The van der Waals surface area contributed by atoms with Gasteiger partial charge in [0.1, 0.15) is 11.8 Å². The smallest absolute Gasteiger partial charge is 0.308 e. The molecule has 4 aliphatic heterocycles. The normalized spacial score (nSPS) is 26.0. The zero-order valence-corrected chi connectivity index (χ0v) is 24.7. The predicted octanol–water partition coefficient (Wildman–Crippen LogP) is 4.13. The predicted molar refractivity (Wildman–Crippen MR) is 149 cm³/mol. The molecule has 5 atom stereocenters. The van der Waals surface area contributed by atoms with Gasteiger partial charge in [-0.1, -0.05) is 13.0 Å². The van der Waals surface area contributed by atoms with E-state index in [4.69, 9.17) is 28.4 Å². The van der Waals surface area contributed by atoms with Crippen LogP contribution in [-0.2, 0) is 22.4 Å². The molecule has 0 amide bonds. The highest BCUT2D eigenvalue weighted by Gasteiger charge is 2.56. The second-order valence-corrected chi connectivity index (χ2v) is 11.3. The van der Waals surface area contributed by atoms with E-state index in [9.17, 15) is 10.1 Å². The van der Waals surface area contributed by atoms with Crippen molar-refractivity contribution >= 4 is 5.97 Å². The average Bonchev–Trinajstić information content (AvgIpc) is 3.43. The highest BCUT2D eigenvalue weighted by atomic mass is 16.7. The minimum absolute atomic E-state index is 0.0315. The van der Waals surface area contributed by atoms with E-state index in [1.54, 1.807) is 14.2 Å². The molecule has 0 N–H and O–H groups in total. The van der Waals surface area contributed by atoms with E-state index in [-0.39, 0.29) is 49.8 Å². The minimum atomic E-state index is -0.390. The van der Waals surface area contributed by atoms with Crippen LogP contribution in [0.15, 0.2) is 6.07 Å². The van der Waals surface area contributed by atoms with Crippen LogP contribution in [0.25, 0.3) is 0 Å². The van der Waals surface area contributed by atoms with Crippen LogP contribution in [0, 0.1) is 25.2 Å². The Morgan fingerprint density at radius 3 is 2.51 bits per heavy atom. The van der Waals surface area contributed by atoms with Crippen molar-refractivity contribution in [2.24, 2.45) is 0 Å². The first kappa shape index (κ1) is 27.6. The molecule has 10 nitrogen and oxygen atoms in total. The van der Waals surface area contributed by atoms with Gasteiger partial charge < -0.3 is 28.4 Å². The molecule has 0 aromatic heterocycles. The molecule has 0 aliphatic carbocycles. The fraction of sp³-hybridized carbons (Fsp3) is 0.548. The molecular formula is C31H37N3O7. The number of esters is 1. The third-order valence-electron chi connectivity index (χ3n) is 9.20. The summed E-state index contributed by atoms with van der Waals surface area (Å²) in [7, 11) is 5.36. The van der Waals surface area contributed by atoms with Crippen LogP contribution in [-0.4, -0.2) is 68.7 Å². The minimum Gasteiger partial charge on any atom is -0.493 e. The molecular weight excluding hydrogens is 526 g/mol. The Balaban J connectivity index is 1.61. The second-order valence-electron chi connectivity index (χ2n) is 11.3. The van der Waals surface area contributed by atoms with Gasteiger partial charge in [0.2, 0.25) is 6.79 Å². The summed E-state index contributed by atoms with van der Waals surface area (Å²) in [6.45, 7) is 7.65. The van der Waals surface area contributed by atoms with E-state index < -0.39 is 0 Å². The lowest BCUT2D eigenvalue weighted by molar-refractivity contribution is -0.132. The highest BCUT2D eigenvalue weighted by Crippen LogP contribution is 2.59. The van der Waals surface area contributed by atoms with Gasteiger partial charge in [-0.3, -0.25) is 14.6 Å². The van der Waals surface area contributed by atoms with Crippen LogP contribution in [0.1, 0.15) is 65.7 Å². The number of rotatable bonds is 6. The number of carbonyl (C=O) groups excluding carboxylic acids is 1. The molecule has 0 saturated carbocycles. The third kappa shape index (κ3) is 3.97. The van der Waals surface area contributed by atoms with E-state index in [0.717, 1.165) is 39.8 Å². The molecule has 0 spiro atoms. The summed E-state index contributed by atoms with van der Waals surface area (Å²) in [6, 6.07) is 4.07. The summed E-state index contributed by atoms with van der Waals surface area (Å²) >= 11 is 0. The van der Waals surface area contributed by atoms with Gasteiger partial charge in [0, 0.05) is 54.4 Å². The zero-order chi connectivity index (χ0) is 29.2. The van der Waals surface area contributed by atoms with Crippen molar-refractivity contribution in [3.05, 3.63) is 39.4 Å². The maximum absolute atomic E-state index is 12.3. The number of methoxy groups -OCH3 is 2. The lowest BCUT2D eigenvalue weighted by Gasteiger charge is -2.60. The van der Waals surface area contributed by atoms with Gasteiger partial charge in [0.05, 0.1) is 19.2 Å². The Bertz CT molecular complexity index is 1450. The molecule has 6 rings (SSSR count). The average molecular weight is 564 g/mol. The summed E-state index contributed by atoms with van der Waals surface area (Å²) in [5.41, 5.74) is 5.83. The van der Waals surface area contributed by atoms with Crippen LogP contribution < -0.4 is 23.7 Å². The van der Waals surface area contributed by atoms with Crippen molar-refractivity contribution in [2.45, 2.75) is 77.2 Å². The standard InChI is InChI=1S/C31H37N3O7/c1-8-20-25-19(28(41-17(4)35)16(3)29-31(25)40-14-39-29)11-22-26-24-18(10-21(33(26)5)23(12-32)34(20)22)9-15(2)27(37-7)30(24)38-13-36-6/h9,20-23,26H,8,10-11,13-14H2,1-7H3/t20-,21-,22?,23-,26+/m0/s1. The summed E-state index contributed by atoms with van der Waals surface area (Å²) in [5.74, 6) is 2.81. The number of nitriles is 1. The number of piperazine rings is 1. The Hall–Kier alpha value is -3.52. The molecule has 4 aliphatic rings. The van der Waals surface area contributed by atoms with Gasteiger partial charge in [-0.15, -0.1) is 0 Å². The first-order valence-corrected chi connectivity index (χ1v) is 14.1. The van der Waals surface area contributed by atoms with Gasteiger partial charge in [0.15, 0.2) is 29.8 Å². The van der Waals surface area contributed by atoms with Gasteiger partial charge in [0.25, 0.3) is 0 Å². The fourth-order valence-corrected chi connectivity index (χ4v) is 7.76. The molecule has 41 heavy (non-hydrogen) atoms. The highest BCUT2D eigenvalue weighted by molar-refractivity contribution is 5.74.